The van der Waals surface area contributed by atoms with Crippen molar-refractivity contribution in [1.82, 2.24) is 14.3 Å². The number of Topliss-reactive ketones (excluding diaryl/α,β-unsaturated/α-hetero) is 1. The quantitative estimate of drug-likeness (QED) is 0.224. The molecule has 0 bridgehead atoms. The van der Waals surface area contributed by atoms with Gasteiger partial charge in [0.05, 0.1) is 13.2 Å². The lowest BCUT2D eigenvalue weighted by molar-refractivity contribution is -0.109. The fraction of sp³-hybridized carbons (Fsp3) is 0.393. The zero-order valence-electron chi connectivity index (χ0n) is 22.8. The van der Waals surface area contributed by atoms with Crippen LogP contribution in [0.4, 0.5) is 0 Å². The number of benzene rings is 2. The van der Waals surface area contributed by atoms with E-state index in [1.54, 1.807) is 37.5 Å². The van der Waals surface area contributed by atoms with Gasteiger partial charge in [0.25, 0.3) is 0 Å². The number of aromatic nitrogens is 3. The third kappa shape index (κ3) is 5.26. The Hall–Kier alpha value is -3.77. The van der Waals surface area contributed by atoms with E-state index in [0.717, 1.165) is 10.1 Å². The lowest BCUT2D eigenvalue weighted by atomic mass is 9.77. The summed E-state index contributed by atoms with van der Waals surface area (Å²) >= 11 is 0. The smallest absolute Gasteiger partial charge is 0.347 e. The highest BCUT2D eigenvalue weighted by Gasteiger charge is 2.35. The van der Waals surface area contributed by atoms with Crippen LogP contribution in [0.3, 0.4) is 0 Å². The minimum Gasteiger partial charge on any atom is -0.497 e. The van der Waals surface area contributed by atoms with Crippen molar-refractivity contribution < 1.29 is 28.5 Å². The number of carbonyl (C=O) groups is 1. The molecular formula is C28H33N3O8. The molecule has 1 aliphatic rings. The van der Waals surface area contributed by atoms with Crippen LogP contribution in [0.1, 0.15) is 63.6 Å². The van der Waals surface area contributed by atoms with E-state index in [-0.39, 0.29) is 12.2 Å². The Morgan fingerprint density at radius 3 is 1.90 bits per heavy atom. The second-order valence-electron chi connectivity index (χ2n) is 9.10. The largest absolute Gasteiger partial charge is 0.497 e. The Kier molecular flexibility index (Phi) is 8.66. The van der Waals surface area contributed by atoms with E-state index in [1.807, 2.05) is 18.2 Å². The third-order valence-electron chi connectivity index (χ3n) is 7.02. The lowest BCUT2D eigenvalue weighted by Crippen LogP contribution is -2.31. The van der Waals surface area contributed by atoms with E-state index >= 15 is 0 Å². The molecule has 1 aromatic heterocycles. The van der Waals surface area contributed by atoms with Crippen molar-refractivity contribution in [2.24, 2.45) is 7.05 Å². The summed E-state index contributed by atoms with van der Waals surface area (Å²) in [5.41, 5.74) is 2.16. The van der Waals surface area contributed by atoms with Gasteiger partial charge in [0.15, 0.2) is 18.4 Å². The molecule has 1 aliphatic carbocycles. The van der Waals surface area contributed by atoms with Crippen LogP contribution >= 0.6 is 0 Å². The highest BCUT2D eigenvalue weighted by molar-refractivity contribution is 5.97. The molecule has 0 radical (unpaired) electrons. The molecule has 39 heavy (non-hydrogen) atoms. The number of ether oxygens (including phenoxy) is 5. The molecule has 4 rings (SSSR count). The molecule has 3 aromatic rings. The van der Waals surface area contributed by atoms with Gasteiger partial charge in [-0.15, -0.1) is 0 Å². The summed E-state index contributed by atoms with van der Waals surface area (Å²) in [7, 11) is 9.03. The fourth-order valence-electron chi connectivity index (χ4n) is 5.10. The van der Waals surface area contributed by atoms with Gasteiger partial charge < -0.3 is 23.7 Å². The summed E-state index contributed by atoms with van der Waals surface area (Å²) in [6, 6.07) is 9.87. The third-order valence-corrected chi connectivity index (χ3v) is 7.02. The number of hydrogen-bond donors (Lipinski definition) is 1. The van der Waals surface area contributed by atoms with Crippen LogP contribution in [0.15, 0.2) is 58.1 Å². The lowest BCUT2D eigenvalue weighted by Gasteiger charge is -2.34. The van der Waals surface area contributed by atoms with Gasteiger partial charge in [-0.05, 0) is 35.4 Å². The molecule has 0 unspecified atom stereocenters. The standard InChI is InChI=1S/C28H33N3O8/c1-30-27(33)29-31(28(30)34)21-14-9-17(15-22(32)16-7-10-18(35-2)11-8-16)23-19(25(36-3)37-4)12-13-20(24(21)23)26(38-5)39-6/h7-14,17,21,25-26H,15H2,1-6H3,(H,29,33)/t17-,21-/m1/s1. The summed E-state index contributed by atoms with van der Waals surface area (Å²) in [5, 5.41) is 2.63. The van der Waals surface area contributed by atoms with E-state index in [1.165, 1.54) is 40.2 Å². The number of nitrogens with one attached hydrogen (secondary N) is 1. The average molecular weight is 540 g/mol. The van der Waals surface area contributed by atoms with Crippen molar-refractivity contribution in [1.29, 1.82) is 0 Å². The van der Waals surface area contributed by atoms with Crippen LogP contribution in [0, 0.1) is 0 Å². The number of ketones is 1. The zero-order chi connectivity index (χ0) is 28.3. The average Bonchev–Trinajstić information content (AvgIpc) is 3.22. The second-order valence-corrected chi connectivity index (χ2v) is 9.10. The highest BCUT2D eigenvalue weighted by Crippen LogP contribution is 2.44. The second kappa shape index (κ2) is 12.0. The van der Waals surface area contributed by atoms with Crippen LogP contribution < -0.4 is 16.1 Å². The number of hydrogen-bond acceptors (Lipinski definition) is 8. The van der Waals surface area contributed by atoms with E-state index in [2.05, 4.69) is 5.10 Å². The maximum absolute atomic E-state index is 13.4. The Labute approximate surface area is 225 Å². The van der Waals surface area contributed by atoms with Gasteiger partial charge in [-0.25, -0.2) is 23.9 Å². The number of carbonyl (C=O) groups excluding carboxylic acids is 1. The monoisotopic (exact) mass is 539 g/mol. The van der Waals surface area contributed by atoms with E-state index < -0.39 is 35.9 Å². The fourth-order valence-corrected chi connectivity index (χ4v) is 5.10. The first kappa shape index (κ1) is 28.2. The Morgan fingerprint density at radius 2 is 1.41 bits per heavy atom. The summed E-state index contributed by atoms with van der Waals surface area (Å²) < 4.78 is 29.9. The van der Waals surface area contributed by atoms with Gasteiger partial charge in [0, 0.05) is 64.5 Å². The maximum Gasteiger partial charge on any atom is 0.347 e. The first-order valence-electron chi connectivity index (χ1n) is 12.3. The predicted octanol–water partition coefficient (Wildman–Crippen LogP) is 2.98. The van der Waals surface area contributed by atoms with Crippen LogP contribution in [0.2, 0.25) is 0 Å². The normalized spacial score (nSPS) is 16.6. The van der Waals surface area contributed by atoms with Gasteiger partial charge in [-0.1, -0.05) is 24.3 Å². The molecular weight excluding hydrogens is 506 g/mol. The van der Waals surface area contributed by atoms with Crippen molar-refractivity contribution in [2.75, 3.05) is 35.5 Å². The van der Waals surface area contributed by atoms with Crippen molar-refractivity contribution in [3.05, 3.63) is 97.3 Å². The SMILES string of the molecule is COc1ccc(C(=O)C[C@H]2C=C[C@@H](n3[nH]c(=O)n(C)c3=O)c3c(C(OC)OC)ccc(C(OC)OC)c32)cc1. The van der Waals surface area contributed by atoms with Crippen LogP contribution in [0.25, 0.3) is 0 Å². The summed E-state index contributed by atoms with van der Waals surface area (Å²) in [6.07, 6.45) is 2.26. The Balaban J connectivity index is 1.94. The van der Waals surface area contributed by atoms with Crippen molar-refractivity contribution >= 4 is 5.78 Å². The van der Waals surface area contributed by atoms with Gasteiger partial charge in [-0.3, -0.25) is 4.79 Å². The maximum atomic E-state index is 13.4. The number of H-pyrrole nitrogens is 1. The van der Waals surface area contributed by atoms with Gasteiger partial charge >= 0.3 is 11.4 Å². The minimum absolute atomic E-state index is 0.0836. The molecule has 11 nitrogen and oxygen atoms in total. The molecule has 11 heteroatoms. The number of methoxy groups -OCH3 is 5. The minimum atomic E-state index is -0.783. The summed E-state index contributed by atoms with van der Waals surface area (Å²) in [5.74, 6) is 0.161. The van der Waals surface area contributed by atoms with Crippen molar-refractivity contribution in [3.63, 3.8) is 0 Å². The molecule has 0 spiro atoms. The molecule has 208 valence electrons. The molecule has 0 fully saturated rings. The highest BCUT2D eigenvalue weighted by atomic mass is 16.7. The number of rotatable bonds is 11. The molecule has 0 amide bonds. The topological polar surface area (TPSA) is 123 Å². The zero-order valence-corrected chi connectivity index (χ0v) is 22.8. The van der Waals surface area contributed by atoms with Gasteiger partial charge in [0.1, 0.15) is 5.75 Å². The molecule has 2 aromatic carbocycles. The van der Waals surface area contributed by atoms with Crippen molar-refractivity contribution in [2.45, 2.75) is 31.0 Å². The first-order chi connectivity index (χ1) is 18.8. The molecule has 2 atom stereocenters. The predicted molar refractivity (Wildman–Crippen MR) is 142 cm³/mol. The molecule has 0 saturated heterocycles. The molecule has 1 heterocycles. The Morgan fingerprint density at radius 1 is 0.846 bits per heavy atom. The van der Waals surface area contributed by atoms with E-state index in [4.69, 9.17) is 23.7 Å². The Bertz CT molecular complexity index is 1460. The summed E-state index contributed by atoms with van der Waals surface area (Å²) in [6.45, 7) is 0. The first-order valence-corrected chi connectivity index (χ1v) is 12.3. The number of nitrogens with zero attached hydrogens (tertiary/aromatic N) is 2. The van der Waals surface area contributed by atoms with Crippen LogP contribution in [0.5, 0.6) is 5.75 Å². The molecule has 0 saturated carbocycles. The molecule has 1 N–H and O–H groups in total. The van der Waals surface area contributed by atoms with E-state index in [9.17, 15) is 14.4 Å². The van der Waals surface area contributed by atoms with Crippen LogP contribution in [-0.2, 0) is 26.0 Å². The summed E-state index contributed by atoms with van der Waals surface area (Å²) in [4.78, 5) is 38.8. The van der Waals surface area contributed by atoms with Crippen molar-refractivity contribution in [3.8, 4) is 5.75 Å². The van der Waals surface area contributed by atoms with Crippen LogP contribution in [-0.4, -0.2) is 55.7 Å². The number of aromatic amines is 1. The number of allylic oxidation sites excluding steroid dienone is 2. The van der Waals surface area contributed by atoms with E-state index in [0.29, 0.717) is 28.0 Å². The van der Waals surface area contributed by atoms with Gasteiger partial charge in [-0.2, -0.15) is 0 Å². The van der Waals surface area contributed by atoms with Gasteiger partial charge in [0.2, 0.25) is 0 Å². The molecule has 0 aliphatic heterocycles. The number of fused-ring (bicyclic) bond motifs is 1.